The van der Waals surface area contributed by atoms with E-state index in [0.717, 1.165) is 11.8 Å². The molecular formula is C10H19NO4S. The molecule has 0 saturated carbocycles. The van der Waals surface area contributed by atoms with Gasteiger partial charge in [0.05, 0.1) is 5.41 Å². The smallest absolute Gasteiger partial charge is 0.370 e. The van der Waals surface area contributed by atoms with E-state index >= 15 is 0 Å². The Bertz CT molecular complexity index is 250. The van der Waals surface area contributed by atoms with Gasteiger partial charge < -0.3 is 15.2 Å². The fourth-order valence-corrected chi connectivity index (χ4v) is 1.15. The van der Waals surface area contributed by atoms with Gasteiger partial charge in [-0.3, -0.25) is 4.79 Å². The summed E-state index contributed by atoms with van der Waals surface area (Å²) in [5, 5.41) is -0.486. The molecule has 0 aliphatic rings. The molecule has 0 saturated heterocycles. The Morgan fingerprint density at radius 3 is 2.31 bits per heavy atom. The van der Waals surface area contributed by atoms with Crippen molar-refractivity contribution in [3.8, 4) is 0 Å². The highest BCUT2D eigenvalue weighted by Crippen LogP contribution is 2.17. The summed E-state index contributed by atoms with van der Waals surface area (Å²) < 4.78 is 9.78. The highest BCUT2D eigenvalue weighted by molar-refractivity contribution is 8.13. The summed E-state index contributed by atoms with van der Waals surface area (Å²) in [5.74, 6) is 0.0790. The molecule has 0 aliphatic heterocycles. The van der Waals surface area contributed by atoms with Crippen LogP contribution in [-0.2, 0) is 14.3 Å². The summed E-state index contributed by atoms with van der Waals surface area (Å²) in [6.07, 6.45) is -0.871. The topological polar surface area (TPSA) is 78.6 Å². The molecule has 0 amide bonds. The summed E-state index contributed by atoms with van der Waals surface area (Å²) in [5.41, 5.74) is 4.63. The summed E-state index contributed by atoms with van der Waals surface area (Å²) in [4.78, 5) is 22.6. The lowest BCUT2D eigenvalue weighted by atomic mass is 9.97. The van der Waals surface area contributed by atoms with Crippen molar-refractivity contribution in [3.63, 3.8) is 0 Å². The Balaban J connectivity index is 3.95. The Labute approximate surface area is 100 Å². The second kappa shape index (κ2) is 6.75. The van der Waals surface area contributed by atoms with E-state index < -0.39 is 23.0 Å². The number of rotatable bonds is 4. The van der Waals surface area contributed by atoms with Crippen LogP contribution in [0.1, 0.15) is 27.7 Å². The van der Waals surface area contributed by atoms with E-state index in [0.29, 0.717) is 12.3 Å². The van der Waals surface area contributed by atoms with Gasteiger partial charge in [-0.05, 0) is 32.5 Å². The van der Waals surface area contributed by atoms with E-state index in [1.807, 2.05) is 0 Å². The van der Waals surface area contributed by atoms with Gasteiger partial charge in [0.15, 0.2) is 0 Å². The molecule has 5 nitrogen and oxygen atoms in total. The van der Waals surface area contributed by atoms with Crippen LogP contribution >= 0.6 is 11.8 Å². The Kier molecular flexibility index (Phi) is 6.43. The number of esters is 1. The fourth-order valence-electron chi connectivity index (χ4n) is 0.663. The highest BCUT2D eigenvalue weighted by Gasteiger charge is 2.26. The van der Waals surface area contributed by atoms with E-state index in [-0.39, 0.29) is 0 Å². The van der Waals surface area contributed by atoms with Crippen LogP contribution in [-0.4, -0.2) is 29.9 Å². The van der Waals surface area contributed by atoms with Gasteiger partial charge in [-0.15, -0.1) is 0 Å². The SMILES string of the molecule is C[C@@H](OC(=O)SCCN)OC(=O)C(C)(C)C. The molecule has 0 aromatic rings. The lowest BCUT2D eigenvalue weighted by Crippen LogP contribution is -2.29. The van der Waals surface area contributed by atoms with E-state index in [2.05, 4.69) is 0 Å². The predicted molar refractivity (Wildman–Crippen MR) is 63.0 cm³/mol. The van der Waals surface area contributed by atoms with Crippen LogP contribution in [0.25, 0.3) is 0 Å². The molecule has 94 valence electrons. The quantitative estimate of drug-likeness (QED) is 0.604. The minimum atomic E-state index is -0.871. The Morgan fingerprint density at radius 1 is 1.31 bits per heavy atom. The van der Waals surface area contributed by atoms with Gasteiger partial charge in [-0.25, -0.2) is 4.79 Å². The molecule has 0 rings (SSSR count). The van der Waals surface area contributed by atoms with Crippen molar-refractivity contribution in [3.05, 3.63) is 0 Å². The van der Waals surface area contributed by atoms with Crippen LogP contribution in [0.15, 0.2) is 0 Å². The standard InChI is InChI=1S/C10H19NO4S/c1-7(14-8(12)10(2,3)4)15-9(13)16-6-5-11/h7H,5-6,11H2,1-4H3/t7-/m1/s1. The minimum Gasteiger partial charge on any atom is -0.425 e. The van der Waals surface area contributed by atoms with Crippen molar-refractivity contribution in [1.82, 2.24) is 0 Å². The highest BCUT2D eigenvalue weighted by atomic mass is 32.2. The molecule has 0 spiro atoms. The lowest BCUT2D eigenvalue weighted by molar-refractivity contribution is -0.173. The molecule has 2 N–H and O–H groups in total. The Morgan fingerprint density at radius 2 is 1.88 bits per heavy atom. The number of carbonyl (C=O) groups excluding carboxylic acids is 2. The Hall–Kier alpha value is -0.750. The molecule has 0 aromatic carbocycles. The summed E-state index contributed by atoms with van der Waals surface area (Å²) in [6.45, 7) is 7.09. The molecule has 16 heavy (non-hydrogen) atoms. The first-order valence-corrected chi connectivity index (χ1v) is 6.00. The van der Waals surface area contributed by atoms with Crippen LogP contribution in [0.4, 0.5) is 4.79 Å². The summed E-state index contributed by atoms with van der Waals surface area (Å²) in [7, 11) is 0. The normalized spacial score (nSPS) is 13.1. The van der Waals surface area contributed by atoms with Crippen molar-refractivity contribution < 1.29 is 19.1 Å². The van der Waals surface area contributed by atoms with Gasteiger partial charge >= 0.3 is 11.3 Å². The average molecular weight is 249 g/mol. The van der Waals surface area contributed by atoms with Gasteiger partial charge in [0.2, 0.25) is 6.29 Å². The molecule has 0 bridgehead atoms. The van der Waals surface area contributed by atoms with Crippen LogP contribution in [0.3, 0.4) is 0 Å². The van der Waals surface area contributed by atoms with E-state index in [4.69, 9.17) is 15.2 Å². The van der Waals surface area contributed by atoms with Crippen LogP contribution in [0, 0.1) is 5.41 Å². The van der Waals surface area contributed by atoms with Gasteiger partial charge in [-0.2, -0.15) is 0 Å². The molecule has 1 atom stereocenters. The molecule has 0 radical (unpaired) electrons. The maximum Gasteiger partial charge on any atom is 0.370 e. The van der Waals surface area contributed by atoms with E-state index in [9.17, 15) is 9.59 Å². The number of nitrogens with two attached hydrogens (primary N) is 1. The summed E-state index contributed by atoms with van der Waals surface area (Å²) >= 11 is 0.962. The van der Waals surface area contributed by atoms with Crippen LogP contribution in [0.2, 0.25) is 0 Å². The van der Waals surface area contributed by atoms with Gasteiger partial charge in [0.1, 0.15) is 0 Å². The van der Waals surface area contributed by atoms with Crippen molar-refractivity contribution in [2.45, 2.75) is 34.0 Å². The largest absolute Gasteiger partial charge is 0.425 e. The van der Waals surface area contributed by atoms with Crippen molar-refractivity contribution in [2.75, 3.05) is 12.3 Å². The second-order valence-corrected chi connectivity index (χ2v) is 5.26. The third-order valence-corrected chi connectivity index (χ3v) is 2.26. The van der Waals surface area contributed by atoms with E-state index in [1.165, 1.54) is 6.92 Å². The first-order chi connectivity index (χ1) is 7.27. The van der Waals surface area contributed by atoms with Crippen molar-refractivity contribution in [1.29, 1.82) is 0 Å². The third kappa shape index (κ3) is 6.68. The first kappa shape index (κ1) is 15.2. The number of hydrogen-bond acceptors (Lipinski definition) is 6. The predicted octanol–water partition coefficient (Wildman–Crippen LogP) is 1.75. The van der Waals surface area contributed by atoms with Crippen molar-refractivity contribution >= 4 is 23.0 Å². The molecule has 0 fully saturated rings. The molecule has 0 unspecified atom stereocenters. The number of carbonyl (C=O) groups is 2. The first-order valence-electron chi connectivity index (χ1n) is 5.02. The fraction of sp³-hybridized carbons (Fsp3) is 0.800. The molecule has 6 heteroatoms. The number of ether oxygens (including phenoxy) is 2. The maximum atomic E-state index is 11.4. The summed E-state index contributed by atoms with van der Waals surface area (Å²) in [6, 6.07) is 0. The second-order valence-electron chi connectivity index (χ2n) is 4.23. The molecular weight excluding hydrogens is 230 g/mol. The monoisotopic (exact) mass is 249 g/mol. The minimum absolute atomic E-state index is 0.399. The molecule has 0 aromatic heterocycles. The molecule has 0 heterocycles. The molecule has 0 aliphatic carbocycles. The lowest BCUT2D eigenvalue weighted by Gasteiger charge is -2.20. The van der Waals surface area contributed by atoms with Gasteiger partial charge in [0, 0.05) is 19.2 Å². The number of thioether (sulfide) groups is 1. The van der Waals surface area contributed by atoms with Gasteiger partial charge in [-0.1, -0.05) is 0 Å². The van der Waals surface area contributed by atoms with Crippen molar-refractivity contribution in [2.24, 2.45) is 11.1 Å². The van der Waals surface area contributed by atoms with Crippen LogP contribution in [0.5, 0.6) is 0 Å². The number of hydrogen-bond donors (Lipinski definition) is 1. The zero-order chi connectivity index (χ0) is 12.8. The third-order valence-electron chi connectivity index (χ3n) is 1.49. The van der Waals surface area contributed by atoms with Crippen LogP contribution < -0.4 is 5.73 Å². The van der Waals surface area contributed by atoms with E-state index in [1.54, 1.807) is 20.8 Å². The zero-order valence-electron chi connectivity index (χ0n) is 10.1. The zero-order valence-corrected chi connectivity index (χ0v) is 10.9. The van der Waals surface area contributed by atoms with Gasteiger partial charge in [0.25, 0.3) is 0 Å². The maximum absolute atomic E-state index is 11.4. The average Bonchev–Trinajstić information content (AvgIpc) is 2.12.